The van der Waals surface area contributed by atoms with Crippen LogP contribution in [0.15, 0.2) is 30.3 Å². The van der Waals surface area contributed by atoms with E-state index in [2.05, 4.69) is 33.9 Å². The van der Waals surface area contributed by atoms with Gasteiger partial charge in [0.2, 0.25) is 5.91 Å². The number of likely N-dealkylation sites (N-methyl/N-ethyl adjacent to an activating group) is 1. The molecule has 4 nitrogen and oxygen atoms in total. The molecule has 26 heavy (non-hydrogen) atoms. The number of aliphatic hydroxyl groups is 1. The average Bonchev–Trinajstić information content (AvgIpc) is 2.58. The lowest BCUT2D eigenvalue weighted by Gasteiger charge is -2.36. The number of aliphatic hydroxyl groups excluding tert-OH is 1. The number of benzene rings is 1. The highest BCUT2D eigenvalue weighted by Crippen LogP contribution is 2.36. The molecule has 5 heteroatoms. The van der Waals surface area contributed by atoms with Crippen LogP contribution in [0.5, 0.6) is 0 Å². The number of rotatable bonds is 8. The lowest BCUT2D eigenvalue weighted by atomic mass is 10.0. The molecule has 0 spiro atoms. The number of hydrogen-bond acceptors (Lipinski definition) is 3. The number of amides is 1. The van der Waals surface area contributed by atoms with Crippen molar-refractivity contribution >= 4 is 14.2 Å². The van der Waals surface area contributed by atoms with Crippen LogP contribution in [0.25, 0.3) is 0 Å². The fraction of sp³-hybridized carbons (Fsp3) is 0.667. The number of carbonyl (C=O) groups excluding carboxylic acids is 1. The molecule has 0 aliphatic carbocycles. The molecule has 0 radical (unpaired) electrons. The Balaban J connectivity index is 2.59. The molecule has 0 fully saturated rings. The average molecular weight is 380 g/mol. The van der Waals surface area contributed by atoms with Gasteiger partial charge in [0.15, 0.2) is 8.32 Å². The molecule has 0 aliphatic heterocycles. The second-order valence-corrected chi connectivity index (χ2v) is 13.7. The van der Waals surface area contributed by atoms with Crippen LogP contribution in [-0.2, 0) is 9.22 Å². The smallest absolute Gasteiger partial charge is 0.225 e. The summed E-state index contributed by atoms with van der Waals surface area (Å²) in [6.07, 6.45) is 0.00457. The molecule has 1 amide bonds. The monoisotopic (exact) mass is 379 g/mol. The third-order valence-electron chi connectivity index (χ3n) is 5.80. The Labute approximate surface area is 160 Å². The summed E-state index contributed by atoms with van der Waals surface area (Å²) in [7, 11) is -0.0142. The third kappa shape index (κ3) is 5.93. The van der Waals surface area contributed by atoms with Crippen molar-refractivity contribution in [2.75, 3.05) is 13.7 Å². The Bertz CT molecular complexity index is 568. The highest BCUT2D eigenvalue weighted by atomic mass is 28.4. The molecule has 0 bridgehead atoms. The van der Waals surface area contributed by atoms with E-state index in [9.17, 15) is 9.90 Å². The Morgan fingerprint density at radius 3 is 2.23 bits per heavy atom. The van der Waals surface area contributed by atoms with Crippen LogP contribution in [-0.4, -0.2) is 43.9 Å². The van der Waals surface area contributed by atoms with Gasteiger partial charge in [0.25, 0.3) is 0 Å². The molecular formula is C21H37NO3Si. The Kier molecular flexibility index (Phi) is 8.05. The molecule has 3 atom stereocenters. The quantitative estimate of drug-likeness (QED) is 0.671. The van der Waals surface area contributed by atoms with Gasteiger partial charge in [-0.3, -0.25) is 4.79 Å². The van der Waals surface area contributed by atoms with Crippen LogP contribution in [0.3, 0.4) is 0 Å². The summed E-state index contributed by atoms with van der Waals surface area (Å²) in [6.45, 7) is 15.5. The molecule has 1 rings (SSSR count). The first kappa shape index (κ1) is 22.9. The second kappa shape index (κ2) is 9.15. The minimum Gasteiger partial charge on any atom is -0.417 e. The maximum Gasteiger partial charge on any atom is 0.225 e. The molecule has 0 aliphatic rings. The van der Waals surface area contributed by atoms with Crippen LogP contribution in [0.1, 0.15) is 52.7 Å². The number of nitrogens with zero attached hydrogens (tertiary/aromatic N) is 1. The fourth-order valence-corrected chi connectivity index (χ4v) is 3.58. The van der Waals surface area contributed by atoms with E-state index in [4.69, 9.17) is 4.43 Å². The number of carbonyl (C=O) groups is 1. The van der Waals surface area contributed by atoms with Gasteiger partial charge in [0, 0.05) is 19.6 Å². The molecule has 1 aromatic carbocycles. The molecule has 0 saturated carbocycles. The predicted molar refractivity (Wildman–Crippen MR) is 111 cm³/mol. The molecule has 0 unspecified atom stereocenters. The van der Waals surface area contributed by atoms with Crippen molar-refractivity contribution in [2.45, 2.75) is 71.3 Å². The summed E-state index contributed by atoms with van der Waals surface area (Å²) in [5.41, 5.74) is 0.827. The van der Waals surface area contributed by atoms with Crippen molar-refractivity contribution < 1.29 is 14.3 Å². The van der Waals surface area contributed by atoms with Crippen molar-refractivity contribution in [3.63, 3.8) is 0 Å². The van der Waals surface area contributed by atoms with Crippen LogP contribution >= 0.6 is 0 Å². The van der Waals surface area contributed by atoms with Crippen LogP contribution in [0, 0.1) is 5.92 Å². The second-order valence-electron chi connectivity index (χ2n) is 8.84. The van der Waals surface area contributed by atoms with Gasteiger partial charge in [-0.05, 0) is 37.0 Å². The van der Waals surface area contributed by atoms with E-state index in [0.717, 1.165) is 5.56 Å². The van der Waals surface area contributed by atoms with E-state index < -0.39 is 14.4 Å². The van der Waals surface area contributed by atoms with Gasteiger partial charge >= 0.3 is 0 Å². The topological polar surface area (TPSA) is 49.8 Å². The maximum atomic E-state index is 12.7. The van der Waals surface area contributed by atoms with Crippen molar-refractivity contribution in [3.05, 3.63) is 35.9 Å². The molecule has 1 N–H and O–H groups in total. The summed E-state index contributed by atoms with van der Waals surface area (Å²) in [6, 6.07) is 9.20. The van der Waals surface area contributed by atoms with Gasteiger partial charge in [-0.15, -0.1) is 0 Å². The molecule has 0 heterocycles. The standard InChI is InChI=1S/C21H37NO3Si/c1-16(14-15-25-26(7,8)21(3,4)5)20(24)22(6)17(2)19(23)18-12-10-9-11-13-18/h9-13,16-17,19,23H,14-15H2,1-8H3/t16-,17+,19-/m1/s1. The Morgan fingerprint density at radius 1 is 1.19 bits per heavy atom. The van der Waals surface area contributed by atoms with Gasteiger partial charge in [-0.1, -0.05) is 58.0 Å². The molecular weight excluding hydrogens is 342 g/mol. The van der Waals surface area contributed by atoms with Crippen molar-refractivity contribution in [2.24, 2.45) is 5.92 Å². The van der Waals surface area contributed by atoms with Crippen LogP contribution < -0.4 is 0 Å². The van der Waals surface area contributed by atoms with E-state index in [1.165, 1.54) is 0 Å². The normalized spacial score (nSPS) is 16.0. The summed E-state index contributed by atoms with van der Waals surface area (Å²) in [5, 5.41) is 10.7. The minimum atomic E-state index is -1.78. The highest BCUT2D eigenvalue weighted by molar-refractivity contribution is 6.74. The molecule has 148 valence electrons. The van der Waals surface area contributed by atoms with Gasteiger partial charge in [0.05, 0.1) is 12.1 Å². The largest absolute Gasteiger partial charge is 0.417 e. The van der Waals surface area contributed by atoms with Crippen molar-refractivity contribution in [3.8, 4) is 0 Å². The van der Waals surface area contributed by atoms with E-state index in [1.807, 2.05) is 44.2 Å². The van der Waals surface area contributed by atoms with Crippen LogP contribution in [0.4, 0.5) is 0 Å². The zero-order valence-corrected chi connectivity index (χ0v) is 18.7. The lowest BCUT2D eigenvalue weighted by Crippen LogP contribution is -2.43. The van der Waals surface area contributed by atoms with Gasteiger partial charge in [-0.2, -0.15) is 0 Å². The zero-order chi connectivity index (χ0) is 20.1. The van der Waals surface area contributed by atoms with Crippen molar-refractivity contribution in [1.82, 2.24) is 4.90 Å². The summed E-state index contributed by atoms with van der Waals surface area (Å²) in [5.74, 6) is -0.0819. The first-order valence-electron chi connectivity index (χ1n) is 9.52. The van der Waals surface area contributed by atoms with E-state index in [-0.39, 0.29) is 22.9 Å². The van der Waals surface area contributed by atoms with E-state index >= 15 is 0 Å². The summed E-state index contributed by atoms with van der Waals surface area (Å²) in [4.78, 5) is 14.4. The Hall–Kier alpha value is -1.17. The first-order chi connectivity index (χ1) is 11.9. The zero-order valence-electron chi connectivity index (χ0n) is 17.7. The van der Waals surface area contributed by atoms with E-state index in [0.29, 0.717) is 13.0 Å². The minimum absolute atomic E-state index is 0.0475. The first-order valence-corrected chi connectivity index (χ1v) is 12.4. The molecule has 1 aromatic rings. The van der Waals surface area contributed by atoms with Gasteiger partial charge in [-0.25, -0.2) is 0 Å². The maximum absolute atomic E-state index is 12.7. The fourth-order valence-electron chi connectivity index (χ4n) is 2.52. The van der Waals surface area contributed by atoms with Crippen LogP contribution in [0.2, 0.25) is 18.1 Å². The highest BCUT2D eigenvalue weighted by Gasteiger charge is 2.37. The number of hydrogen-bond donors (Lipinski definition) is 1. The summed E-state index contributed by atoms with van der Waals surface area (Å²) < 4.78 is 6.19. The molecule has 0 saturated heterocycles. The third-order valence-corrected chi connectivity index (χ3v) is 10.3. The Morgan fingerprint density at radius 2 is 1.73 bits per heavy atom. The lowest BCUT2D eigenvalue weighted by molar-refractivity contribution is -0.138. The van der Waals surface area contributed by atoms with E-state index in [1.54, 1.807) is 11.9 Å². The SMILES string of the molecule is C[C@H](CCO[Si](C)(C)C(C)(C)C)C(=O)N(C)[C@@H](C)[C@@H](O)c1ccccc1. The van der Waals surface area contributed by atoms with Gasteiger partial charge < -0.3 is 14.4 Å². The molecule has 0 aromatic heterocycles. The van der Waals surface area contributed by atoms with Gasteiger partial charge in [0.1, 0.15) is 0 Å². The van der Waals surface area contributed by atoms with Crippen molar-refractivity contribution in [1.29, 1.82) is 0 Å². The summed E-state index contributed by atoms with van der Waals surface area (Å²) >= 11 is 0. The predicted octanol–water partition coefficient (Wildman–Crippen LogP) is 4.61.